The van der Waals surface area contributed by atoms with Crippen LogP contribution in [-0.2, 0) is 22.6 Å². The van der Waals surface area contributed by atoms with Gasteiger partial charge in [-0.05, 0) is 41.0 Å². The maximum atomic E-state index is 12.9. The van der Waals surface area contributed by atoms with Crippen LogP contribution in [0.2, 0.25) is 5.02 Å². The second-order valence-electron chi connectivity index (χ2n) is 7.19. The standard InChI is InChI=1S/C24H20ClN3O3/c25-17-7-10-19-20(12-17)28-24(31)22(19)23(27-18-8-3-15(13-26)4-9-18)16-5-1-14(2-6-16)11-21(29)30/h1-10,12,27H,11,13,26H2,(H,28,31)(H,29,30). The minimum absolute atomic E-state index is 0.0675. The van der Waals surface area contributed by atoms with Crippen LogP contribution >= 0.6 is 11.6 Å². The van der Waals surface area contributed by atoms with Crippen molar-refractivity contribution in [2.75, 3.05) is 10.6 Å². The predicted octanol–water partition coefficient (Wildman–Crippen LogP) is 4.36. The van der Waals surface area contributed by atoms with Crippen molar-refractivity contribution in [1.82, 2.24) is 0 Å². The molecule has 4 rings (SSSR count). The summed E-state index contributed by atoms with van der Waals surface area (Å²) in [5.41, 5.74) is 11.4. The Morgan fingerprint density at radius 2 is 1.68 bits per heavy atom. The number of anilines is 2. The van der Waals surface area contributed by atoms with Crippen molar-refractivity contribution in [2.45, 2.75) is 13.0 Å². The van der Waals surface area contributed by atoms with Crippen LogP contribution in [0, 0.1) is 0 Å². The Morgan fingerprint density at radius 1 is 1.00 bits per heavy atom. The molecule has 31 heavy (non-hydrogen) atoms. The average Bonchev–Trinajstić information content (AvgIpc) is 3.07. The SMILES string of the molecule is NCc1ccc(NC(=C2C(=O)Nc3cc(Cl)ccc32)c2ccc(CC(=O)O)cc2)cc1. The zero-order valence-electron chi connectivity index (χ0n) is 16.5. The Bertz CT molecular complexity index is 1190. The number of carboxylic acids is 1. The number of amides is 1. The number of benzene rings is 3. The lowest BCUT2D eigenvalue weighted by atomic mass is 9.98. The van der Waals surface area contributed by atoms with Gasteiger partial charge in [0.1, 0.15) is 0 Å². The zero-order valence-corrected chi connectivity index (χ0v) is 17.2. The summed E-state index contributed by atoms with van der Waals surface area (Å²) < 4.78 is 0. The molecule has 6 nitrogen and oxygen atoms in total. The smallest absolute Gasteiger partial charge is 0.307 e. The van der Waals surface area contributed by atoms with Crippen molar-refractivity contribution >= 4 is 46.1 Å². The van der Waals surface area contributed by atoms with Crippen LogP contribution in [0.15, 0.2) is 66.7 Å². The monoisotopic (exact) mass is 433 g/mol. The number of aliphatic carboxylic acids is 1. The van der Waals surface area contributed by atoms with E-state index in [0.717, 1.165) is 22.4 Å². The van der Waals surface area contributed by atoms with Gasteiger partial charge in [0.2, 0.25) is 0 Å². The molecule has 1 aliphatic rings. The molecule has 1 aliphatic heterocycles. The fraction of sp³-hybridized carbons (Fsp3) is 0.0833. The second kappa shape index (κ2) is 8.63. The van der Waals surface area contributed by atoms with E-state index in [1.165, 1.54) is 0 Å². The number of halogens is 1. The van der Waals surface area contributed by atoms with E-state index in [0.29, 0.717) is 34.1 Å². The van der Waals surface area contributed by atoms with Gasteiger partial charge in [-0.3, -0.25) is 9.59 Å². The largest absolute Gasteiger partial charge is 0.481 e. The van der Waals surface area contributed by atoms with Gasteiger partial charge in [0.05, 0.1) is 23.4 Å². The van der Waals surface area contributed by atoms with Crippen LogP contribution < -0.4 is 16.4 Å². The van der Waals surface area contributed by atoms with Crippen molar-refractivity contribution in [1.29, 1.82) is 0 Å². The quantitative estimate of drug-likeness (QED) is 0.432. The first kappa shape index (κ1) is 20.7. The molecule has 0 unspecified atom stereocenters. The fourth-order valence-electron chi connectivity index (χ4n) is 3.50. The normalized spacial score (nSPS) is 14.1. The number of nitrogens with one attached hydrogen (secondary N) is 2. The number of fused-ring (bicyclic) bond motifs is 1. The molecule has 5 N–H and O–H groups in total. The summed E-state index contributed by atoms with van der Waals surface area (Å²) in [5, 5.41) is 15.8. The van der Waals surface area contributed by atoms with Gasteiger partial charge in [-0.1, -0.05) is 54.1 Å². The van der Waals surface area contributed by atoms with Crippen molar-refractivity contribution < 1.29 is 14.7 Å². The van der Waals surface area contributed by atoms with Gasteiger partial charge in [-0.25, -0.2) is 0 Å². The molecule has 3 aromatic carbocycles. The summed E-state index contributed by atoms with van der Waals surface area (Å²) in [5.74, 6) is -1.14. The maximum Gasteiger partial charge on any atom is 0.307 e. The lowest BCUT2D eigenvalue weighted by Gasteiger charge is -2.15. The molecule has 156 valence electrons. The fourth-order valence-corrected chi connectivity index (χ4v) is 3.68. The van der Waals surface area contributed by atoms with E-state index in [4.69, 9.17) is 22.4 Å². The highest BCUT2D eigenvalue weighted by Crippen LogP contribution is 2.38. The third-order valence-corrected chi connectivity index (χ3v) is 5.27. The molecule has 3 aromatic rings. The highest BCUT2D eigenvalue weighted by molar-refractivity contribution is 6.38. The number of carbonyl (C=O) groups is 2. The van der Waals surface area contributed by atoms with Crippen molar-refractivity contribution in [3.05, 3.63) is 94.0 Å². The molecule has 0 saturated carbocycles. The second-order valence-corrected chi connectivity index (χ2v) is 7.62. The van der Waals surface area contributed by atoms with Gasteiger partial charge in [0.15, 0.2) is 0 Å². The van der Waals surface area contributed by atoms with E-state index in [1.807, 2.05) is 42.5 Å². The van der Waals surface area contributed by atoms with Crippen LogP contribution in [0.4, 0.5) is 11.4 Å². The molecular weight excluding hydrogens is 414 g/mol. The summed E-state index contributed by atoms with van der Waals surface area (Å²) in [4.78, 5) is 23.9. The van der Waals surface area contributed by atoms with Gasteiger partial charge in [0.25, 0.3) is 5.91 Å². The molecule has 0 bridgehead atoms. The summed E-state index contributed by atoms with van der Waals surface area (Å²) in [7, 11) is 0. The van der Waals surface area contributed by atoms with Crippen LogP contribution in [-0.4, -0.2) is 17.0 Å². The van der Waals surface area contributed by atoms with E-state index < -0.39 is 5.97 Å². The van der Waals surface area contributed by atoms with E-state index in [9.17, 15) is 9.59 Å². The number of carboxylic acid groups (broad SMARTS) is 1. The Morgan fingerprint density at radius 3 is 2.32 bits per heavy atom. The highest BCUT2D eigenvalue weighted by atomic mass is 35.5. The molecule has 0 spiro atoms. The van der Waals surface area contributed by atoms with Crippen LogP contribution in [0.25, 0.3) is 11.3 Å². The molecular formula is C24H20ClN3O3. The van der Waals surface area contributed by atoms with Crippen LogP contribution in [0.1, 0.15) is 22.3 Å². The summed E-state index contributed by atoms with van der Waals surface area (Å²) in [6, 6.07) is 20.0. The molecule has 0 saturated heterocycles. The van der Waals surface area contributed by atoms with Gasteiger partial charge < -0.3 is 21.5 Å². The van der Waals surface area contributed by atoms with Gasteiger partial charge in [-0.2, -0.15) is 0 Å². The van der Waals surface area contributed by atoms with Gasteiger partial charge in [-0.15, -0.1) is 0 Å². The number of hydrogen-bond acceptors (Lipinski definition) is 4. The van der Waals surface area contributed by atoms with E-state index in [1.54, 1.807) is 24.3 Å². The molecule has 7 heteroatoms. The van der Waals surface area contributed by atoms with Gasteiger partial charge in [0, 0.05) is 22.8 Å². The average molecular weight is 434 g/mol. The van der Waals surface area contributed by atoms with Crippen molar-refractivity contribution in [3.63, 3.8) is 0 Å². The van der Waals surface area contributed by atoms with Crippen LogP contribution in [0.5, 0.6) is 0 Å². The molecule has 1 amide bonds. The number of carbonyl (C=O) groups excluding carboxylic acids is 1. The Hall–Kier alpha value is -3.61. The third kappa shape index (κ3) is 4.45. The first-order chi connectivity index (χ1) is 14.9. The molecule has 1 heterocycles. The van der Waals surface area contributed by atoms with E-state index >= 15 is 0 Å². The predicted molar refractivity (Wildman–Crippen MR) is 123 cm³/mol. The lowest BCUT2D eigenvalue weighted by molar-refractivity contribution is -0.136. The Kier molecular flexibility index (Phi) is 5.75. The topological polar surface area (TPSA) is 104 Å². The number of rotatable bonds is 6. The van der Waals surface area contributed by atoms with Crippen molar-refractivity contribution in [2.24, 2.45) is 5.73 Å². The molecule has 0 atom stereocenters. The number of nitrogens with two attached hydrogens (primary N) is 1. The highest BCUT2D eigenvalue weighted by Gasteiger charge is 2.28. The first-order valence-corrected chi connectivity index (χ1v) is 10.0. The maximum absolute atomic E-state index is 12.9. The number of hydrogen-bond donors (Lipinski definition) is 4. The molecule has 0 fully saturated rings. The lowest BCUT2D eigenvalue weighted by Crippen LogP contribution is -2.10. The zero-order chi connectivity index (χ0) is 22.0. The van der Waals surface area contributed by atoms with Crippen LogP contribution in [0.3, 0.4) is 0 Å². The van der Waals surface area contributed by atoms with E-state index in [2.05, 4.69) is 10.6 Å². The molecule has 0 aliphatic carbocycles. The van der Waals surface area contributed by atoms with Gasteiger partial charge >= 0.3 is 5.97 Å². The minimum Gasteiger partial charge on any atom is -0.481 e. The van der Waals surface area contributed by atoms with E-state index in [-0.39, 0.29) is 12.3 Å². The van der Waals surface area contributed by atoms with Crippen molar-refractivity contribution in [3.8, 4) is 0 Å². The first-order valence-electron chi connectivity index (χ1n) is 9.67. The molecule has 0 aromatic heterocycles. The summed E-state index contributed by atoms with van der Waals surface area (Å²) >= 11 is 6.09. The summed E-state index contributed by atoms with van der Waals surface area (Å²) in [6.07, 6.45) is -0.0675. The Balaban J connectivity index is 1.82. The third-order valence-electron chi connectivity index (χ3n) is 5.03. The minimum atomic E-state index is -0.898. The Labute approximate surface area is 184 Å². The molecule has 0 radical (unpaired) electrons. The summed E-state index contributed by atoms with van der Waals surface area (Å²) in [6.45, 7) is 0.440.